The topological polar surface area (TPSA) is 81.4 Å². The summed E-state index contributed by atoms with van der Waals surface area (Å²) >= 11 is 9.53. The SMILES string of the molecule is CC(C)(C)COC(=O)Cn1cc(CC(=O)O)c2c(Br)cnc(Cl)c21. The fraction of sp³-hybridized carbons (Fsp3) is 0.438. The van der Waals surface area contributed by atoms with Gasteiger partial charge in [-0.15, -0.1) is 0 Å². The second kappa shape index (κ2) is 7.11. The van der Waals surface area contributed by atoms with Crippen LogP contribution in [0, 0.1) is 5.41 Å². The minimum Gasteiger partial charge on any atom is -0.481 e. The highest BCUT2D eigenvalue weighted by atomic mass is 79.9. The van der Waals surface area contributed by atoms with E-state index in [1.165, 1.54) is 6.20 Å². The zero-order valence-corrected chi connectivity index (χ0v) is 15.9. The molecule has 0 aliphatic carbocycles. The van der Waals surface area contributed by atoms with Crippen LogP contribution in [0.2, 0.25) is 5.15 Å². The Kier molecular flexibility index (Phi) is 5.55. The van der Waals surface area contributed by atoms with Crippen LogP contribution in [0.25, 0.3) is 10.9 Å². The minimum atomic E-state index is -0.968. The molecule has 0 aliphatic rings. The zero-order chi connectivity index (χ0) is 18.1. The van der Waals surface area contributed by atoms with Gasteiger partial charge in [0, 0.05) is 22.3 Å². The summed E-state index contributed by atoms with van der Waals surface area (Å²) in [4.78, 5) is 27.2. The Hall–Kier alpha value is -1.60. The van der Waals surface area contributed by atoms with Crippen LogP contribution in [-0.4, -0.2) is 33.2 Å². The fourth-order valence-corrected chi connectivity index (χ4v) is 3.04. The second-order valence-electron chi connectivity index (χ2n) is 6.69. The molecule has 0 fully saturated rings. The van der Waals surface area contributed by atoms with Crippen LogP contribution in [0.1, 0.15) is 26.3 Å². The molecule has 2 rings (SSSR count). The molecule has 2 heterocycles. The average molecular weight is 418 g/mol. The molecule has 0 aromatic carbocycles. The number of rotatable bonds is 5. The van der Waals surface area contributed by atoms with E-state index in [2.05, 4.69) is 20.9 Å². The Morgan fingerprint density at radius 2 is 2.08 bits per heavy atom. The zero-order valence-electron chi connectivity index (χ0n) is 13.6. The molecule has 2 aromatic heterocycles. The van der Waals surface area contributed by atoms with Crippen molar-refractivity contribution in [2.45, 2.75) is 33.7 Å². The lowest BCUT2D eigenvalue weighted by Crippen LogP contribution is -2.21. The lowest BCUT2D eigenvalue weighted by Gasteiger charge is -2.18. The third-order valence-electron chi connectivity index (χ3n) is 3.19. The number of hydrogen-bond acceptors (Lipinski definition) is 4. The van der Waals surface area contributed by atoms with Crippen molar-refractivity contribution in [1.82, 2.24) is 9.55 Å². The van der Waals surface area contributed by atoms with Crippen LogP contribution < -0.4 is 0 Å². The summed E-state index contributed by atoms with van der Waals surface area (Å²) in [7, 11) is 0. The first-order valence-corrected chi connectivity index (χ1v) is 8.44. The Morgan fingerprint density at radius 1 is 1.42 bits per heavy atom. The molecule has 8 heteroatoms. The number of carbonyl (C=O) groups excluding carboxylic acids is 1. The summed E-state index contributed by atoms with van der Waals surface area (Å²) in [5, 5.41) is 9.93. The molecular weight excluding hydrogens is 400 g/mol. The van der Waals surface area contributed by atoms with Gasteiger partial charge in [-0.3, -0.25) is 9.59 Å². The van der Waals surface area contributed by atoms with Crippen LogP contribution >= 0.6 is 27.5 Å². The van der Waals surface area contributed by atoms with Crippen LogP contribution in [-0.2, 0) is 27.3 Å². The van der Waals surface area contributed by atoms with E-state index in [1.54, 1.807) is 10.8 Å². The summed E-state index contributed by atoms with van der Waals surface area (Å²) in [6, 6.07) is 0. The molecule has 0 saturated carbocycles. The Morgan fingerprint density at radius 3 is 2.67 bits per heavy atom. The van der Waals surface area contributed by atoms with Gasteiger partial charge in [0.1, 0.15) is 6.54 Å². The molecule has 0 radical (unpaired) electrons. The smallest absolute Gasteiger partial charge is 0.325 e. The van der Waals surface area contributed by atoms with E-state index in [9.17, 15) is 9.59 Å². The van der Waals surface area contributed by atoms with Crippen LogP contribution in [0.15, 0.2) is 16.9 Å². The third-order valence-corrected chi connectivity index (χ3v) is 4.07. The lowest BCUT2D eigenvalue weighted by atomic mass is 9.99. The van der Waals surface area contributed by atoms with Crippen molar-refractivity contribution in [2.24, 2.45) is 5.41 Å². The molecule has 0 spiro atoms. The highest BCUT2D eigenvalue weighted by molar-refractivity contribution is 9.10. The Labute approximate surface area is 152 Å². The van der Waals surface area contributed by atoms with Gasteiger partial charge in [-0.2, -0.15) is 0 Å². The number of pyridine rings is 1. The largest absolute Gasteiger partial charge is 0.481 e. The van der Waals surface area contributed by atoms with Crippen LogP contribution in [0.3, 0.4) is 0 Å². The lowest BCUT2D eigenvalue weighted by molar-refractivity contribution is -0.147. The maximum atomic E-state index is 12.1. The van der Waals surface area contributed by atoms with Gasteiger partial charge in [0.2, 0.25) is 0 Å². The number of hydrogen-bond donors (Lipinski definition) is 1. The van der Waals surface area contributed by atoms with E-state index in [1.807, 2.05) is 20.8 Å². The van der Waals surface area contributed by atoms with Gasteiger partial charge >= 0.3 is 11.9 Å². The average Bonchev–Trinajstić information content (AvgIpc) is 2.79. The summed E-state index contributed by atoms with van der Waals surface area (Å²) in [5.41, 5.74) is 0.928. The molecule has 0 unspecified atom stereocenters. The molecule has 0 bridgehead atoms. The van der Waals surface area contributed by atoms with E-state index >= 15 is 0 Å². The number of aromatic nitrogens is 2. The highest BCUT2D eigenvalue weighted by Gasteiger charge is 2.20. The molecule has 0 atom stereocenters. The maximum Gasteiger partial charge on any atom is 0.325 e. The van der Waals surface area contributed by atoms with E-state index in [0.29, 0.717) is 27.5 Å². The van der Waals surface area contributed by atoms with Crippen molar-refractivity contribution in [1.29, 1.82) is 0 Å². The number of carboxylic acid groups (broad SMARTS) is 1. The van der Waals surface area contributed by atoms with Crippen molar-refractivity contribution in [3.8, 4) is 0 Å². The van der Waals surface area contributed by atoms with E-state index in [0.717, 1.165) is 0 Å². The normalized spacial score (nSPS) is 11.7. The van der Waals surface area contributed by atoms with Crippen molar-refractivity contribution < 1.29 is 19.4 Å². The molecule has 2 aromatic rings. The van der Waals surface area contributed by atoms with Crippen LogP contribution in [0.4, 0.5) is 0 Å². The van der Waals surface area contributed by atoms with Gasteiger partial charge in [-0.05, 0) is 26.9 Å². The van der Waals surface area contributed by atoms with Crippen LogP contribution in [0.5, 0.6) is 0 Å². The van der Waals surface area contributed by atoms with Gasteiger partial charge in [0.25, 0.3) is 0 Å². The van der Waals surface area contributed by atoms with Gasteiger partial charge < -0.3 is 14.4 Å². The Balaban J connectivity index is 2.38. The quantitative estimate of drug-likeness (QED) is 0.593. The molecular formula is C16H18BrClN2O4. The summed E-state index contributed by atoms with van der Waals surface area (Å²) in [5.74, 6) is -1.39. The number of fused-ring (bicyclic) bond motifs is 1. The van der Waals surface area contributed by atoms with E-state index < -0.39 is 11.9 Å². The number of carboxylic acids is 1. The monoisotopic (exact) mass is 416 g/mol. The predicted molar refractivity (Wildman–Crippen MR) is 94.2 cm³/mol. The molecule has 6 nitrogen and oxygen atoms in total. The van der Waals surface area contributed by atoms with Crippen molar-refractivity contribution in [2.75, 3.05) is 6.61 Å². The molecule has 24 heavy (non-hydrogen) atoms. The standard InChI is InChI=1S/C16H18BrClN2O4/c1-16(2,3)8-24-12(23)7-20-6-9(4-11(21)22)13-10(17)5-19-15(18)14(13)20/h5-6H,4,7-8H2,1-3H3,(H,21,22). The number of halogens is 2. The van der Waals surface area contributed by atoms with Gasteiger partial charge in [-0.1, -0.05) is 32.4 Å². The summed E-state index contributed by atoms with van der Waals surface area (Å²) in [6.07, 6.45) is 2.94. The molecule has 130 valence electrons. The van der Waals surface area contributed by atoms with Gasteiger partial charge in [0.05, 0.1) is 18.5 Å². The van der Waals surface area contributed by atoms with Crippen molar-refractivity contribution >= 4 is 50.4 Å². The Bertz CT molecular complexity index is 795. The summed E-state index contributed by atoms with van der Waals surface area (Å²) < 4.78 is 7.48. The van der Waals surface area contributed by atoms with Crippen molar-refractivity contribution in [3.63, 3.8) is 0 Å². The second-order valence-corrected chi connectivity index (χ2v) is 7.91. The fourth-order valence-electron chi connectivity index (χ4n) is 2.24. The van der Waals surface area contributed by atoms with Gasteiger partial charge in [0.15, 0.2) is 5.15 Å². The minimum absolute atomic E-state index is 0.0654. The summed E-state index contributed by atoms with van der Waals surface area (Å²) in [6.45, 7) is 6.13. The molecule has 0 saturated heterocycles. The first kappa shape index (κ1) is 18.7. The molecule has 1 N–H and O–H groups in total. The first-order valence-electron chi connectivity index (χ1n) is 7.27. The van der Waals surface area contributed by atoms with E-state index in [-0.39, 0.29) is 23.5 Å². The predicted octanol–water partition coefficient (Wildman–Crippen LogP) is 3.67. The number of ether oxygens (including phenoxy) is 1. The first-order chi connectivity index (χ1) is 11.1. The molecule has 0 aliphatic heterocycles. The third kappa shape index (κ3) is 4.48. The maximum absolute atomic E-state index is 12.1. The number of carbonyl (C=O) groups is 2. The van der Waals surface area contributed by atoms with E-state index in [4.69, 9.17) is 21.4 Å². The number of esters is 1. The number of aliphatic carboxylic acids is 1. The van der Waals surface area contributed by atoms with Gasteiger partial charge in [-0.25, -0.2) is 4.98 Å². The van der Waals surface area contributed by atoms with Crippen molar-refractivity contribution in [3.05, 3.63) is 27.6 Å². The highest BCUT2D eigenvalue weighted by Crippen LogP contribution is 2.33. The molecule has 0 amide bonds. The number of nitrogens with zero attached hydrogens (tertiary/aromatic N) is 2.